The molecule has 3 nitrogen and oxygen atoms in total. The summed E-state index contributed by atoms with van der Waals surface area (Å²) < 4.78 is 0. The molecule has 21 heavy (non-hydrogen) atoms. The molecule has 0 aliphatic carbocycles. The van der Waals surface area contributed by atoms with Crippen LogP contribution in [0.2, 0.25) is 0 Å². The van der Waals surface area contributed by atoms with E-state index in [0.29, 0.717) is 0 Å². The normalized spacial score (nSPS) is 15.3. The van der Waals surface area contributed by atoms with Crippen LogP contribution in [0, 0.1) is 13.8 Å². The summed E-state index contributed by atoms with van der Waals surface area (Å²) in [5, 5.41) is 0. The summed E-state index contributed by atoms with van der Waals surface area (Å²) in [6.07, 6.45) is 0. The van der Waals surface area contributed by atoms with Crippen LogP contribution in [0.4, 0.5) is 5.69 Å². The first-order valence-electron chi connectivity index (χ1n) is 7.31. The molecule has 0 radical (unpaired) electrons. The maximum atomic E-state index is 12.5. The molecule has 2 heterocycles. The quantitative estimate of drug-likeness (QED) is 0.849. The van der Waals surface area contributed by atoms with Crippen molar-refractivity contribution in [2.75, 3.05) is 31.1 Å². The van der Waals surface area contributed by atoms with Gasteiger partial charge in [-0.3, -0.25) is 4.79 Å². The van der Waals surface area contributed by atoms with Gasteiger partial charge in [-0.1, -0.05) is 18.2 Å². The van der Waals surface area contributed by atoms with Crippen molar-refractivity contribution in [2.45, 2.75) is 13.8 Å². The predicted molar refractivity (Wildman–Crippen MR) is 88.4 cm³/mol. The first kappa shape index (κ1) is 14.1. The van der Waals surface area contributed by atoms with Crippen molar-refractivity contribution in [2.24, 2.45) is 0 Å². The van der Waals surface area contributed by atoms with Gasteiger partial charge in [-0.2, -0.15) is 0 Å². The molecule has 1 aliphatic heterocycles. The number of carbonyl (C=O) groups is 1. The van der Waals surface area contributed by atoms with Crippen molar-refractivity contribution in [3.8, 4) is 0 Å². The molecule has 1 saturated heterocycles. The maximum absolute atomic E-state index is 12.5. The Morgan fingerprint density at radius 3 is 2.29 bits per heavy atom. The minimum atomic E-state index is 0.184. The lowest BCUT2D eigenvalue weighted by atomic mass is 10.2. The summed E-state index contributed by atoms with van der Waals surface area (Å²) >= 11 is 1.61. The maximum Gasteiger partial charge on any atom is 0.264 e. The fourth-order valence-corrected chi connectivity index (χ4v) is 3.64. The van der Waals surface area contributed by atoms with Crippen LogP contribution in [-0.2, 0) is 0 Å². The van der Waals surface area contributed by atoms with Gasteiger partial charge in [0.25, 0.3) is 5.91 Å². The van der Waals surface area contributed by atoms with Crippen LogP contribution in [0.25, 0.3) is 0 Å². The van der Waals surface area contributed by atoms with Gasteiger partial charge in [0.15, 0.2) is 0 Å². The Labute approximate surface area is 129 Å². The molecule has 0 bridgehead atoms. The van der Waals surface area contributed by atoms with Gasteiger partial charge in [0, 0.05) is 36.7 Å². The molecule has 1 fully saturated rings. The number of thiophene rings is 1. The average Bonchev–Trinajstić information content (AvgIpc) is 2.87. The Balaban J connectivity index is 1.64. The zero-order valence-corrected chi connectivity index (χ0v) is 13.3. The van der Waals surface area contributed by atoms with Gasteiger partial charge in [0.2, 0.25) is 0 Å². The van der Waals surface area contributed by atoms with Crippen LogP contribution in [0.1, 0.15) is 20.1 Å². The molecule has 0 unspecified atom stereocenters. The van der Waals surface area contributed by atoms with E-state index < -0.39 is 0 Å². The van der Waals surface area contributed by atoms with Crippen molar-refractivity contribution >= 4 is 22.9 Å². The highest BCUT2D eigenvalue weighted by Crippen LogP contribution is 2.23. The third-order valence-corrected chi connectivity index (χ3v) is 5.21. The van der Waals surface area contributed by atoms with E-state index in [-0.39, 0.29) is 5.91 Å². The van der Waals surface area contributed by atoms with Gasteiger partial charge in [-0.25, -0.2) is 0 Å². The molecule has 110 valence electrons. The highest BCUT2D eigenvalue weighted by atomic mass is 32.1. The van der Waals surface area contributed by atoms with E-state index in [1.54, 1.807) is 11.3 Å². The molecule has 1 aromatic carbocycles. The number of para-hydroxylation sites is 1. The third-order valence-electron chi connectivity index (χ3n) is 4.06. The number of aryl methyl sites for hydroxylation is 2. The second-order valence-electron chi connectivity index (χ2n) is 5.46. The van der Waals surface area contributed by atoms with Crippen molar-refractivity contribution in [1.82, 2.24) is 4.90 Å². The zero-order chi connectivity index (χ0) is 14.8. The summed E-state index contributed by atoms with van der Waals surface area (Å²) in [5.41, 5.74) is 2.46. The number of rotatable bonds is 2. The molecular weight excluding hydrogens is 280 g/mol. The van der Waals surface area contributed by atoms with E-state index in [2.05, 4.69) is 43.0 Å². The Bertz CT molecular complexity index is 608. The molecule has 1 aromatic heterocycles. The lowest BCUT2D eigenvalue weighted by molar-refractivity contribution is 0.0751. The topological polar surface area (TPSA) is 23.6 Å². The fraction of sp³-hybridized carbons (Fsp3) is 0.353. The van der Waals surface area contributed by atoms with E-state index in [0.717, 1.165) is 31.1 Å². The van der Waals surface area contributed by atoms with Crippen LogP contribution >= 0.6 is 11.3 Å². The van der Waals surface area contributed by atoms with Crippen LogP contribution in [0.5, 0.6) is 0 Å². The molecule has 0 atom stereocenters. The average molecular weight is 300 g/mol. The third kappa shape index (κ3) is 2.95. The van der Waals surface area contributed by atoms with Crippen molar-refractivity contribution in [3.05, 3.63) is 51.7 Å². The van der Waals surface area contributed by atoms with E-state index in [9.17, 15) is 4.79 Å². The molecule has 0 spiro atoms. The second kappa shape index (κ2) is 5.90. The molecule has 4 heteroatoms. The van der Waals surface area contributed by atoms with Crippen molar-refractivity contribution in [1.29, 1.82) is 0 Å². The number of benzene rings is 1. The zero-order valence-electron chi connectivity index (χ0n) is 12.5. The Morgan fingerprint density at radius 1 is 1.05 bits per heavy atom. The molecule has 0 N–H and O–H groups in total. The number of carbonyl (C=O) groups excluding carboxylic acids is 1. The number of hydrogen-bond donors (Lipinski definition) is 0. The molecule has 1 amide bonds. The predicted octanol–water partition coefficient (Wildman–Crippen LogP) is 3.33. The molecule has 2 aromatic rings. The number of amides is 1. The SMILES string of the molecule is Cc1cc(C(=O)N2CCN(c3ccccc3)CC2)sc1C. The van der Waals surface area contributed by atoms with E-state index in [1.807, 2.05) is 17.0 Å². The Kier molecular flexibility index (Phi) is 3.97. The highest BCUT2D eigenvalue weighted by Gasteiger charge is 2.23. The van der Waals surface area contributed by atoms with Crippen LogP contribution < -0.4 is 4.90 Å². The standard InChI is InChI=1S/C17H20N2OS/c1-13-12-16(21-14(13)2)17(20)19-10-8-18(9-11-19)15-6-4-3-5-7-15/h3-7,12H,8-11H2,1-2H3. The van der Waals surface area contributed by atoms with Gasteiger partial charge >= 0.3 is 0 Å². The lowest BCUT2D eigenvalue weighted by Gasteiger charge is -2.36. The number of hydrogen-bond acceptors (Lipinski definition) is 3. The smallest absolute Gasteiger partial charge is 0.264 e. The van der Waals surface area contributed by atoms with Crippen molar-refractivity contribution in [3.63, 3.8) is 0 Å². The molecule has 1 aliphatic rings. The van der Waals surface area contributed by atoms with Crippen LogP contribution in [-0.4, -0.2) is 37.0 Å². The Morgan fingerprint density at radius 2 is 1.71 bits per heavy atom. The van der Waals surface area contributed by atoms with E-state index in [4.69, 9.17) is 0 Å². The Hall–Kier alpha value is -1.81. The van der Waals surface area contributed by atoms with Gasteiger partial charge < -0.3 is 9.80 Å². The highest BCUT2D eigenvalue weighted by molar-refractivity contribution is 7.14. The summed E-state index contributed by atoms with van der Waals surface area (Å²) in [6.45, 7) is 7.53. The number of nitrogens with zero attached hydrogens (tertiary/aromatic N) is 2. The monoisotopic (exact) mass is 300 g/mol. The minimum Gasteiger partial charge on any atom is -0.368 e. The van der Waals surface area contributed by atoms with Crippen molar-refractivity contribution < 1.29 is 4.79 Å². The second-order valence-corrected chi connectivity index (χ2v) is 6.72. The fourth-order valence-electron chi connectivity index (χ4n) is 2.64. The van der Waals surface area contributed by atoms with Gasteiger partial charge in [0.05, 0.1) is 4.88 Å². The van der Waals surface area contributed by atoms with Gasteiger partial charge in [-0.15, -0.1) is 11.3 Å². The summed E-state index contributed by atoms with van der Waals surface area (Å²) in [5.74, 6) is 0.184. The minimum absolute atomic E-state index is 0.184. The number of piperazine rings is 1. The van der Waals surface area contributed by atoms with Crippen LogP contribution in [0.3, 0.4) is 0 Å². The van der Waals surface area contributed by atoms with Gasteiger partial charge in [-0.05, 0) is 37.6 Å². The van der Waals surface area contributed by atoms with E-state index in [1.165, 1.54) is 16.1 Å². The first-order chi connectivity index (χ1) is 10.1. The lowest BCUT2D eigenvalue weighted by Crippen LogP contribution is -2.48. The van der Waals surface area contributed by atoms with Crippen LogP contribution in [0.15, 0.2) is 36.4 Å². The first-order valence-corrected chi connectivity index (χ1v) is 8.13. The largest absolute Gasteiger partial charge is 0.368 e. The number of anilines is 1. The molecular formula is C17H20N2OS. The molecule has 3 rings (SSSR count). The van der Waals surface area contributed by atoms with E-state index >= 15 is 0 Å². The van der Waals surface area contributed by atoms with Gasteiger partial charge in [0.1, 0.15) is 0 Å². The summed E-state index contributed by atoms with van der Waals surface area (Å²) in [4.78, 5) is 19.0. The molecule has 0 saturated carbocycles. The summed E-state index contributed by atoms with van der Waals surface area (Å²) in [6, 6.07) is 12.4. The summed E-state index contributed by atoms with van der Waals surface area (Å²) in [7, 11) is 0.